The lowest BCUT2D eigenvalue weighted by atomic mass is 10.0. The summed E-state index contributed by atoms with van der Waals surface area (Å²) in [6.07, 6.45) is 4.03. The fourth-order valence-corrected chi connectivity index (χ4v) is 2.97. The summed E-state index contributed by atoms with van der Waals surface area (Å²) < 4.78 is 0. The van der Waals surface area contributed by atoms with E-state index in [1.807, 2.05) is 19.0 Å². The summed E-state index contributed by atoms with van der Waals surface area (Å²) in [5.74, 6) is 0.929. The molecule has 1 unspecified atom stereocenters. The molecular weight excluding hydrogens is 344 g/mol. The highest BCUT2D eigenvalue weighted by molar-refractivity contribution is 5.79. The van der Waals surface area contributed by atoms with Crippen LogP contribution >= 0.6 is 0 Å². The minimum atomic E-state index is -0.340. The fraction of sp³-hybridized carbons (Fsp3) is 0.526. The molecule has 2 N–H and O–H groups in total. The average molecular weight is 372 g/mol. The van der Waals surface area contributed by atoms with Gasteiger partial charge in [0.1, 0.15) is 0 Å². The lowest BCUT2D eigenvalue weighted by Gasteiger charge is -2.24. The maximum absolute atomic E-state index is 12.5. The van der Waals surface area contributed by atoms with Crippen LogP contribution < -0.4 is 10.9 Å². The molecule has 0 spiro atoms. The predicted octanol–water partition coefficient (Wildman–Crippen LogP) is 1.17. The van der Waals surface area contributed by atoms with Crippen LogP contribution in [0.25, 0.3) is 11.6 Å². The van der Waals surface area contributed by atoms with Crippen molar-refractivity contribution in [3.05, 3.63) is 40.1 Å². The van der Waals surface area contributed by atoms with E-state index in [1.54, 1.807) is 25.4 Å². The number of carbonyl (C=O) groups excluding carboxylic acids is 1. The summed E-state index contributed by atoms with van der Waals surface area (Å²) >= 11 is 0. The van der Waals surface area contributed by atoms with Gasteiger partial charge in [0.15, 0.2) is 11.6 Å². The quantitative estimate of drug-likeness (QED) is 0.721. The Morgan fingerprint density at radius 2 is 1.93 bits per heavy atom. The van der Waals surface area contributed by atoms with Crippen LogP contribution in [0.3, 0.4) is 0 Å². The van der Waals surface area contributed by atoms with Gasteiger partial charge in [-0.1, -0.05) is 13.8 Å². The first-order chi connectivity index (χ1) is 12.8. The monoisotopic (exact) mass is 372 g/mol. The maximum Gasteiger partial charge on any atom is 0.255 e. The first-order valence-electron chi connectivity index (χ1n) is 9.07. The van der Waals surface area contributed by atoms with Gasteiger partial charge < -0.3 is 15.2 Å². The number of aromatic amines is 1. The van der Waals surface area contributed by atoms with Crippen LogP contribution in [0.2, 0.25) is 0 Å². The molecule has 0 fully saturated rings. The van der Waals surface area contributed by atoms with Gasteiger partial charge in [-0.25, -0.2) is 15.0 Å². The van der Waals surface area contributed by atoms with Crippen LogP contribution in [0.4, 0.5) is 0 Å². The average Bonchev–Trinajstić information content (AvgIpc) is 2.57. The molecule has 0 radical (unpaired) electrons. The summed E-state index contributed by atoms with van der Waals surface area (Å²) in [6.45, 7) is 6.72. The van der Waals surface area contributed by atoms with Crippen LogP contribution in [0.15, 0.2) is 23.3 Å². The second kappa shape index (κ2) is 9.36. The van der Waals surface area contributed by atoms with Crippen LogP contribution in [0, 0.1) is 12.8 Å². The molecular formula is C19H28N6O2. The highest BCUT2D eigenvalue weighted by atomic mass is 16.2. The van der Waals surface area contributed by atoms with Crippen molar-refractivity contribution in [1.82, 2.24) is 30.2 Å². The van der Waals surface area contributed by atoms with Gasteiger partial charge in [0.05, 0.1) is 6.42 Å². The Labute approximate surface area is 159 Å². The molecule has 1 amide bonds. The van der Waals surface area contributed by atoms with Crippen molar-refractivity contribution >= 4 is 5.91 Å². The number of carbonyl (C=O) groups is 1. The van der Waals surface area contributed by atoms with Crippen LogP contribution in [-0.2, 0) is 11.2 Å². The summed E-state index contributed by atoms with van der Waals surface area (Å²) in [6, 6.07) is 1.73. The number of amides is 1. The number of likely N-dealkylation sites (N-methyl/N-ethyl adjacent to an activating group) is 1. The molecule has 2 aromatic rings. The van der Waals surface area contributed by atoms with Gasteiger partial charge >= 0.3 is 0 Å². The standard InChI is InChI=1S/C19H28N6O2/c1-12(2)9-14(11-25(4)5)23-16(26)10-15-13(3)22-18(24-19(15)27)17-20-7-6-8-21-17/h6-8,12,14H,9-11H2,1-5H3,(H,23,26)(H,22,24,27). The van der Waals surface area contributed by atoms with Gasteiger partial charge in [0.25, 0.3) is 5.56 Å². The molecule has 8 heteroatoms. The summed E-state index contributed by atoms with van der Waals surface area (Å²) in [7, 11) is 3.95. The minimum Gasteiger partial charge on any atom is -0.352 e. The van der Waals surface area contributed by atoms with Crippen molar-refractivity contribution in [2.45, 2.75) is 39.7 Å². The maximum atomic E-state index is 12.5. The second-order valence-electron chi connectivity index (χ2n) is 7.38. The largest absolute Gasteiger partial charge is 0.352 e. The Balaban J connectivity index is 2.14. The molecule has 0 bridgehead atoms. The molecule has 2 rings (SSSR count). The van der Waals surface area contributed by atoms with Crippen LogP contribution in [-0.4, -0.2) is 57.4 Å². The molecule has 0 aliphatic carbocycles. The third-order valence-corrected chi connectivity index (χ3v) is 4.04. The van der Waals surface area contributed by atoms with Crippen molar-refractivity contribution in [1.29, 1.82) is 0 Å². The van der Waals surface area contributed by atoms with E-state index in [4.69, 9.17) is 0 Å². The SMILES string of the molecule is Cc1nc(-c2ncccn2)[nH]c(=O)c1CC(=O)NC(CC(C)C)CN(C)C. The molecule has 8 nitrogen and oxygen atoms in total. The summed E-state index contributed by atoms with van der Waals surface area (Å²) in [4.78, 5) is 42.2. The number of aryl methyl sites for hydroxylation is 1. The molecule has 1 atom stereocenters. The molecule has 0 aliphatic heterocycles. The Morgan fingerprint density at radius 1 is 1.26 bits per heavy atom. The van der Waals surface area contributed by atoms with Gasteiger partial charge in [-0.15, -0.1) is 0 Å². The van der Waals surface area contributed by atoms with Gasteiger partial charge in [-0.05, 0) is 39.4 Å². The van der Waals surface area contributed by atoms with Gasteiger partial charge in [-0.3, -0.25) is 9.59 Å². The lowest BCUT2D eigenvalue weighted by molar-refractivity contribution is -0.121. The van der Waals surface area contributed by atoms with Crippen molar-refractivity contribution in [3.8, 4) is 11.6 Å². The fourth-order valence-electron chi connectivity index (χ4n) is 2.97. The molecule has 0 aromatic carbocycles. The van der Waals surface area contributed by atoms with Gasteiger partial charge in [0.2, 0.25) is 5.91 Å². The Morgan fingerprint density at radius 3 is 2.48 bits per heavy atom. The van der Waals surface area contributed by atoms with E-state index in [9.17, 15) is 9.59 Å². The highest BCUT2D eigenvalue weighted by Crippen LogP contribution is 2.10. The number of nitrogens with zero attached hydrogens (tertiary/aromatic N) is 4. The number of hydrogen-bond donors (Lipinski definition) is 2. The third kappa shape index (κ3) is 6.25. The molecule has 2 aromatic heterocycles. The first kappa shape index (κ1) is 20.7. The minimum absolute atomic E-state index is 0.00782. The number of hydrogen-bond acceptors (Lipinski definition) is 6. The second-order valence-corrected chi connectivity index (χ2v) is 7.38. The zero-order valence-corrected chi connectivity index (χ0v) is 16.6. The van der Waals surface area contributed by atoms with E-state index >= 15 is 0 Å². The Hall–Kier alpha value is -2.61. The van der Waals surface area contributed by atoms with E-state index in [-0.39, 0.29) is 23.9 Å². The van der Waals surface area contributed by atoms with E-state index in [0.717, 1.165) is 13.0 Å². The summed E-state index contributed by atoms with van der Waals surface area (Å²) in [5.41, 5.74) is 0.526. The number of nitrogens with one attached hydrogen (secondary N) is 2. The zero-order valence-electron chi connectivity index (χ0n) is 16.6. The topological polar surface area (TPSA) is 104 Å². The van der Waals surface area contributed by atoms with E-state index in [0.29, 0.717) is 28.8 Å². The third-order valence-electron chi connectivity index (χ3n) is 4.04. The smallest absolute Gasteiger partial charge is 0.255 e. The van der Waals surface area contributed by atoms with Gasteiger partial charge in [0, 0.05) is 36.2 Å². The Bertz CT molecular complexity index is 807. The zero-order chi connectivity index (χ0) is 20.0. The molecule has 0 saturated heterocycles. The molecule has 2 heterocycles. The summed E-state index contributed by atoms with van der Waals surface area (Å²) in [5, 5.41) is 3.04. The van der Waals surface area contributed by atoms with Crippen LogP contribution in [0.1, 0.15) is 31.5 Å². The van der Waals surface area contributed by atoms with E-state index in [1.165, 1.54) is 0 Å². The molecule has 0 aliphatic rings. The normalized spacial score (nSPS) is 12.4. The van der Waals surface area contributed by atoms with Gasteiger partial charge in [-0.2, -0.15) is 0 Å². The number of H-pyrrole nitrogens is 1. The highest BCUT2D eigenvalue weighted by Gasteiger charge is 2.18. The Kier molecular flexibility index (Phi) is 7.18. The molecule has 0 saturated carbocycles. The van der Waals surface area contributed by atoms with Crippen LogP contribution in [0.5, 0.6) is 0 Å². The lowest BCUT2D eigenvalue weighted by Crippen LogP contribution is -2.43. The first-order valence-corrected chi connectivity index (χ1v) is 9.07. The number of rotatable bonds is 8. The van der Waals surface area contributed by atoms with E-state index < -0.39 is 0 Å². The van der Waals surface area contributed by atoms with Crippen molar-refractivity contribution < 1.29 is 4.79 Å². The van der Waals surface area contributed by atoms with Crippen molar-refractivity contribution in [3.63, 3.8) is 0 Å². The van der Waals surface area contributed by atoms with Crippen molar-refractivity contribution in [2.75, 3.05) is 20.6 Å². The molecule has 146 valence electrons. The number of aromatic nitrogens is 4. The molecule has 27 heavy (non-hydrogen) atoms. The van der Waals surface area contributed by atoms with Crippen molar-refractivity contribution in [2.24, 2.45) is 5.92 Å². The predicted molar refractivity (Wildman–Crippen MR) is 104 cm³/mol. The van der Waals surface area contributed by atoms with E-state index in [2.05, 4.69) is 39.1 Å².